The van der Waals surface area contributed by atoms with E-state index in [0.717, 1.165) is 4.31 Å². The van der Waals surface area contributed by atoms with Crippen molar-refractivity contribution in [3.63, 3.8) is 0 Å². The van der Waals surface area contributed by atoms with E-state index in [4.69, 9.17) is 4.74 Å². The van der Waals surface area contributed by atoms with Crippen molar-refractivity contribution in [1.29, 1.82) is 0 Å². The van der Waals surface area contributed by atoms with E-state index in [2.05, 4.69) is 5.32 Å². The molecule has 16 heavy (non-hydrogen) atoms. The van der Waals surface area contributed by atoms with Crippen LogP contribution in [0.1, 0.15) is 13.8 Å². The third-order valence-electron chi connectivity index (χ3n) is 2.26. The van der Waals surface area contributed by atoms with E-state index >= 15 is 0 Å². The van der Waals surface area contributed by atoms with Gasteiger partial charge in [-0.1, -0.05) is 0 Å². The molecular weight excluding hydrogens is 232 g/mol. The van der Waals surface area contributed by atoms with Crippen molar-refractivity contribution in [3.8, 4) is 0 Å². The Kier molecular flexibility index (Phi) is 5.37. The van der Waals surface area contributed by atoms with E-state index in [-0.39, 0.29) is 18.2 Å². The minimum Gasteiger partial charge on any atom is -0.369 e. The van der Waals surface area contributed by atoms with Gasteiger partial charge in [0, 0.05) is 27.7 Å². The Morgan fingerprint density at radius 3 is 2.25 bits per heavy atom. The van der Waals surface area contributed by atoms with Crippen molar-refractivity contribution in [2.24, 2.45) is 0 Å². The van der Waals surface area contributed by atoms with Crippen LogP contribution in [0, 0.1) is 0 Å². The highest BCUT2D eigenvalue weighted by Crippen LogP contribution is 2.06. The van der Waals surface area contributed by atoms with E-state index < -0.39 is 15.6 Å². The molecule has 1 N–H and O–H groups in total. The molecule has 0 radical (unpaired) electrons. The van der Waals surface area contributed by atoms with Crippen LogP contribution in [0.15, 0.2) is 0 Å². The third kappa shape index (κ3) is 4.46. The van der Waals surface area contributed by atoms with Crippen molar-refractivity contribution in [2.75, 3.05) is 33.5 Å². The normalized spacial score (nSPS) is 12.9. The summed E-state index contributed by atoms with van der Waals surface area (Å²) in [6, 6.07) is 0. The summed E-state index contributed by atoms with van der Waals surface area (Å²) in [6.45, 7) is 3.30. The molecule has 0 aromatic rings. The SMILES string of the molecule is COC(C)(C)C(=O)NCCS(=O)(=O)N(C)C. The van der Waals surface area contributed by atoms with Gasteiger partial charge in [-0.3, -0.25) is 4.79 Å². The van der Waals surface area contributed by atoms with Gasteiger partial charge in [-0.15, -0.1) is 0 Å². The molecule has 0 aliphatic heterocycles. The van der Waals surface area contributed by atoms with E-state index in [1.54, 1.807) is 13.8 Å². The number of nitrogens with one attached hydrogen (secondary N) is 1. The molecule has 7 heteroatoms. The van der Waals surface area contributed by atoms with E-state index in [0.29, 0.717) is 0 Å². The molecule has 0 rings (SSSR count). The second kappa shape index (κ2) is 5.60. The molecule has 0 spiro atoms. The number of hydrogen-bond acceptors (Lipinski definition) is 4. The Balaban J connectivity index is 4.16. The number of rotatable bonds is 6. The molecule has 0 fully saturated rings. The van der Waals surface area contributed by atoms with Crippen molar-refractivity contribution in [1.82, 2.24) is 9.62 Å². The summed E-state index contributed by atoms with van der Waals surface area (Å²) < 4.78 is 28.8. The zero-order chi connectivity index (χ0) is 13.0. The second-order valence-corrected chi connectivity index (χ2v) is 6.37. The molecule has 0 aliphatic rings. The third-order valence-corrected chi connectivity index (χ3v) is 4.09. The van der Waals surface area contributed by atoms with Crippen LogP contribution >= 0.6 is 0 Å². The maximum atomic E-state index is 11.5. The first-order valence-corrected chi connectivity index (χ1v) is 6.48. The molecule has 1 amide bonds. The van der Waals surface area contributed by atoms with Gasteiger partial charge in [0.25, 0.3) is 5.91 Å². The summed E-state index contributed by atoms with van der Waals surface area (Å²) in [6.07, 6.45) is 0. The lowest BCUT2D eigenvalue weighted by Gasteiger charge is -2.21. The predicted molar refractivity (Wildman–Crippen MR) is 61.6 cm³/mol. The summed E-state index contributed by atoms with van der Waals surface area (Å²) in [4.78, 5) is 11.5. The molecule has 6 nitrogen and oxygen atoms in total. The Labute approximate surface area is 97.0 Å². The Bertz CT molecular complexity index is 335. The lowest BCUT2D eigenvalue weighted by Crippen LogP contribution is -2.45. The number of ether oxygens (including phenoxy) is 1. The molecule has 0 aliphatic carbocycles. The van der Waals surface area contributed by atoms with Crippen LogP contribution in [0.25, 0.3) is 0 Å². The van der Waals surface area contributed by atoms with Crippen LogP contribution in [0.2, 0.25) is 0 Å². The van der Waals surface area contributed by atoms with E-state index in [1.165, 1.54) is 21.2 Å². The molecule has 0 bridgehead atoms. The van der Waals surface area contributed by atoms with Crippen LogP contribution in [0.4, 0.5) is 0 Å². The van der Waals surface area contributed by atoms with Crippen LogP contribution < -0.4 is 5.32 Å². The summed E-state index contributed by atoms with van der Waals surface area (Å²) in [5.74, 6) is -0.449. The van der Waals surface area contributed by atoms with Gasteiger partial charge in [0.15, 0.2) is 0 Å². The fraction of sp³-hybridized carbons (Fsp3) is 0.889. The van der Waals surface area contributed by atoms with Gasteiger partial charge in [-0.25, -0.2) is 12.7 Å². The minimum atomic E-state index is -3.27. The summed E-state index contributed by atoms with van der Waals surface area (Å²) in [5.41, 5.74) is -0.943. The zero-order valence-electron chi connectivity index (χ0n) is 10.4. The molecule has 0 aromatic carbocycles. The molecule has 96 valence electrons. The Morgan fingerprint density at radius 2 is 1.88 bits per heavy atom. The standard InChI is InChI=1S/C9H20N2O4S/c1-9(2,15-5)8(12)10-6-7-16(13,14)11(3)4/h6-7H2,1-5H3,(H,10,12). The number of sulfonamides is 1. The average Bonchev–Trinajstić information content (AvgIpc) is 2.17. The number of nitrogens with zero attached hydrogens (tertiary/aromatic N) is 1. The van der Waals surface area contributed by atoms with Crippen LogP contribution in [0.5, 0.6) is 0 Å². The highest BCUT2D eigenvalue weighted by atomic mass is 32.2. The van der Waals surface area contributed by atoms with Gasteiger partial charge in [-0.2, -0.15) is 0 Å². The number of carbonyl (C=O) groups is 1. The zero-order valence-corrected chi connectivity index (χ0v) is 11.2. The average molecular weight is 252 g/mol. The number of carbonyl (C=O) groups excluding carboxylic acids is 1. The largest absolute Gasteiger partial charge is 0.369 e. The highest BCUT2D eigenvalue weighted by molar-refractivity contribution is 7.89. The van der Waals surface area contributed by atoms with Crippen molar-refractivity contribution in [2.45, 2.75) is 19.4 Å². The van der Waals surface area contributed by atoms with Gasteiger partial charge >= 0.3 is 0 Å². The maximum Gasteiger partial charge on any atom is 0.251 e. The van der Waals surface area contributed by atoms with E-state index in [1.807, 2.05) is 0 Å². The quantitative estimate of drug-likeness (QED) is 0.686. The summed E-state index contributed by atoms with van der Waals surface area (Å²) in [5, 5.41) is 2.52. The number of methoxy groups -OCH3 is 1. The highest BCUT2D eigenvalue weighted by Gasteiger charge is 2.26. The molecule has 0 atom stereocenters. The first kappa shape index (κ1) is 15.3. The van der Waals surface area contributed by atoms with Crippen LogP contribution in [-0.4, -0.2) is 57.7 Å². The fourth-order valence-electron chi connectivity index (χ4n) is 0.782. The van der Waals surface area contributed by atoms with Gasteiger partial charge in [0.05, 0.1) is 5.75 Å². The first-order valence-electron chi connectivity index (χ1n) is 4.87. The molecular formula is C9H20N2O4S. The molecule has 0 saturated carbocycles. The minimum absolute atomic E-state index is 0.0755. The smallest absolute Gasteiger partial charge is 0.251 e. The van der Waals surface area contributed by atoms with Gasteiger partial charge in [0.2, 0.25) is 10.0 Å². The summed E-state index contributed by atoms with van der Waals surface area (Å²) in [7, 11) is 1.07. The molecule has 0 unspecified atom stereocenters. The number of amides is 1. The predicted octanol–water partition coefficient (Wildman–Crippen LogP) is -0.581. The van der Waals surface area contributed by atoms with Crippen molar-refractivity contribution >= 4 is 15.9 Å². The van der Waals surface area contributed by atoms with Crippen molar-refractivity contribution < 1.29 is 17.9 Å². The molecule has 0 heterocycles. The lowest BCUT2D eigenvalue weighted by molar-refractivity contribution is -0.139. The van der Waals surface area contributed by atoms with Gasteiger partial charge < -0.3 is 10.1 Å². The monoisotopic (exact) mass is 252 g/mol. The maximum absolute atomic E-state index is 11.5. The fourth-order valence-corrected chi connectivity index (χ4v) is 1.51. The van der Waals surface area contributed by atoms with Crippen LogP contribution in [0.3, 0.4) is 0 Å². The topological polar surface area (TPSA) is 75.7 Å². The molecule has 0 aromatic heterocycles. The Hall–Kier alpha value is -0.660. The van der Waals surface area contributed by atoms with Gasteiger partial charge in [0.1, 0.15) is 5.60 Å². The summed E-state index contributed by atoms with van der Waals surface area (Å²) >= 11 is 0. The van der Waals surface area contributed by atoms with Crippen LogP contribution in [-0.2, 0) is 19.6 Å². The Morgan fingerprint density at radius 1 is 1.38 bits per heavy atom. The molecule has 0 saturated heterocycles. The number of hydrogen-bond donors (Lipinski definition) is 1. The lowest BCUT2D eigenvalue weighted by atomic mass is 10.1. The van der Waals surface area contributed by atoms with Gasteiger partial charge in [-0.05, 0) is 13.8 Å². The van der Waals surface area contributed by atoms with E-state index in [9.17, 15) is 13.2 Å². The second-order valence-electron chi connectivity index (χ2n) is 4.07. The van der Waals surface area contributed by atoms with Crippen molar-refractivity contribution in [3.05, 3.63) is 0 Å². The first-order chi connectivity index (χ1) is 7.13.